The number of aliphatic carboxylic acids is 1. The van der Waals surface area contributed by atoms with Gasteiger partial charge in [0.1, 0.15) is 6.04 Å². The van der Waals surface area contributed by atoms with E-state index < -0.39 is 12.0 Å². The minimum atomic E-state index is -0.763. The molecule has 2 atom stereocenters. The number of rotatable bonds is 5. The molecule has 1 saturated heterocycles. The van der Waals surface area contributed by atoms with Gasteiger partial charge in [-0.1, -0.05) is 25.5 Å². The molecule has 0 radical (unpaired) electrons. The van der Waals surface area contributed by atoms with Crippen LogP contribution in [0.4, 0.5) is 0 Å². The van der Waals surface area contributed by atoms with Gasteiger partial charge in [0.25, 0.3) is 0 Å². The van der Waals surface area contributed by atoms with Crippen LogP contribution in [0.3, 0.4) is 0 Å². The van der Waals surface area contributed by atoms with Crippen LogP contribution in [0.5, 0.6) is 0 Å². The molecular formula is C19H23N3O2. The summed E-state index contributed by atoms with van der Waals surface area (Å²) >= 11 is 0. The molecule has 2 unspecified atom stereocenters. The number of nitrogens with zero attached hydrogens (tertiary/aromatic N) is 3. The number of carboxylic acids is 1. The Morgan fingerprint density at radius 1 is 1.25 bits per heavy atom. The van der Waals surface area contributed by atoms with Crippen molar-refractivity contribution in [2.45, 2.75) is 44.7 Å². The second kappa shape index (κ2) is 7.53. The van der Waals surface area contributed by atoms with Crippen molar-refractivity contribution in [3.63, 3.8) is 0 Å². The van der Waals surface area contributed by atoms with E-state index in [9.17, 15) is 9.90 Å². The molecule has 2 aromatic heterocycles. The van der Waals surface area contributed by atoms with Gasteiger partial charge in [0.05, 0.1) is 17.4 Å². The maximum Gasteiger partial charge on any atom is 0.320 e. The highest BCUT2D eigenvalue weighted by Crippen LogP contribution is 2.32. The fourth-order valence-electron chi connectivity index (χ4n) is 3.36. The Hall–Kier alpha value is -2.27. The molecule has 5 heteroatoms. The first kappa shape index (κ1) is 16.6. The van der Waals surface area contributed by atoms with Crippen LogP contribution < -0.4 is 0 Å². The summed E-state index contributed by atoms with van der Waals surface area (Å²) in [6.45, 7) is 2.84. The van der Waals surface area contributed by atoms with Gasteiger partial charge in [-0.2, -0.15) is 0 Å². The van der Waals surface area contributed by atoms with E-state index in [4.69, 9.17) is 0 Å². The first-order valence-electron chi connectivity index (χ1n) is 8.55. The van der Waals surface area contributed by atoms with Crippen molar-refractivity contribution >= 4 is 5.97 Å². The van der Waals surface area contributed by atoms with Gasteiger partial charge in [0, 0.05) is 18.9 Å². The first-order chi connectivity index (χ1) is 11.7. The predicted molar refractivity (Wildman–Crippen MR) is 91.7 cm³/mol. The minimum absolute atomic E-state index is 0.224. The molecule has 0 saturated carbocycles. The fourth-order valence-corrected chi connectivity index (χ4v) is 3.36. The molecule has 0 bridgehead atoms. The third-order valence-electron chi connectivity index (χ3n) is 4.66. The summed E-state index contributed by atoms with van der Waals surface area (Å²) in [4.78, 5) is 22.9. The van der Waals surface area contributed by atoms with E-state index in [2.05, 4.69) is 23.0 Å². The van der Waals surface area contributed by atoms with E-state index in [0.717, 1.165) is 37.2 Å². The van der Waals surface area contributed by atoms with Crippen molar-refractivity contribution in [1.82, 2.24) is 14.9 Å². The Morgan fingerprint density at radius 3 is 2.71 bits per heavy atom. The van der Waals surface area contributed by atoms with Crippen molar-refractivity contribution in [1.29, 1.82) is 0 Å². The van der Waals surface area contributed by atoms with E-state index in [-0.39, 0.29) is 6.04 Å². The molecular weight excluding hydrogens is 302 g/mol. The number of aryl methyl sites for hydroxylation is 1. The smallest absolute Gasteiger partial charge is 0.320 e. The highest BCUT2D eigenvalue weighted by molar-refractivity contribution is 5.73. The molecule has 0 amide bonds. The number of carbonyl (C=O) groups is 1. The lowest BCUT2D eigenvalue weighted by Gasteiger charge is -2.38. The third-order valence-corrected chi connectivity index (χ3v) is 4.66. The summed E-state index contributed by atoms with van der Waals surface area (Å²) in [5, 5.41) is 9.65. The Bertz CT molecular complexity index is 673. The molecule has 1 aliphatic rings. The van der Waals surface area contributed by atoms with Crippen LogP contribution in [0, 0.1) is 0 Å². The molecule has 0 spiro atoms. The Morgan fingerprint density at radius 2 is 2.08 bits per heavy atom. The third kappa shape index (κ3) is 3.46. The Labute approximate surface area is 142 Å². The summed E-state index contributed by atoms with van der Waals surface area (Å²) in [5.74, 6) is -0.763. The summed E-state index contributed by atoms with van der Waals surface area (Å²) < 4.78 is 0. The van der Waals surface area contributed by atoms with E-state index in [1.54, 1.807) is 6.20 Å². The van der Waals surface area contributed by atoms with Gasteiger partial charge < -0.3 is 5.11 Å². The van der Waals surface area contributed by atoms with Crippen molar-refractivity contribution in [3.8, 4) is 0 Å². The molecule has 3 heterocycles. The molecule has 2 aromatic rings. The molecule has 1 N–H and O–H groups in total. The van der Waals surface area contributed by atoms with Gasteiger partial charge in [-0.05, 0) is 43.0 Å². The normalized spacial score (nSPS) is 19.8. The monoisotopic (exact) mass is 325 g/mol. The van der Waals surface area contributed by atoms with Gasteiger partial charge in [0.2, 0.25) is 0 Å². The van der Waals surface area contributed by atoms with E-state index in [1.807, 2.05) is 35.4 Å². The highest BCUT2D eigenvalue weighted by atomic mass is 16.4. The number of pyridine rings is 2. The standard InChI is InChI=1S/C19H23N3O2/c1-2-14-9-10-16(21-13-14)18(15-7-3-5-11-20-15)22-12-6-4-8-17(22)19(23)24/h3,5,7,9-11,13,17-18H,2,4,6,8,12H2,1H3,(H,23,24). The molecule has 1 aliphatic heterocycles. The van der Waals surface area contributed by atoms with Gasteiger partial charge in [-0.15, -0.1) is 0 Å². The van der Waals surface area contributed by atoms with E-state index in [0.29, 0.717) is 6.42 Å². The molecule has 1 fully saturated rings. The van der Waals surface area contributed by atoms with Crippen LogP contribution in [-0.2, 0) is 11.2 Å². The largest absolute Gasteiger partial charge is 0.480 e. The number of hydrogen-bond acceptors (Lipinski definition) is 4. The number of piperidine rings is 1. The molecule has 126 valence electrons. The van der Waals surface area contributed by atoms with Crippen LogP contribution >= 0.6 is 0 Å². The Balaban J connectivity index is 2.02. The maximum atomic E-state index is 11.7. The van der Waals surface area contributed by atoms with Gasteiger partial charge in [-0.25, -0.2) is 0 Å². The van der Waals surface area contributed by atoms with Crippen LogP contribution in [0.2, 0.25) is 0 Å². The van der Waals surface area contributed by atoms with Crippen molar-refractivity contribution < 1.29 is 9.90 Å². The van der Waals surface area contributed by atoms with E-state index >= 15 is 0 Å². The number of likely N-dealkylation sites (tertiary alicyclic amines) is 1. The zero-order valence-electron chi connectivity index (χ0n) is 13.9. The fraction of sp³-hybridized carbons (Fsp3) is 0.421. The quantitative estimate of drug-likeness (QED) is 0.915. The molecule has 0 aromatic carbocycles. The summed E-state index contributed by atoms with van der Waals surface area (Å²) in [6.07, 6.45) is 7.19. The summed E-state index contributed by atoms with van der Waals surface area (Å²) in [5.41, 5.74) is 2.88. The van der Waals surface area contributed by atoms with Crippen molar-refractivity contribution in [2.75, 3.05) is 6.54 Å². The summed E-state index contributed by atoms with van der Waals surface area (Å²) in [7, 11) is 0. The lowest BCUT2D eigenvalue weighted by atomic mass is 9.96. The minimum Gasteiger partial charge on any atom is -0.480 e. The average Bonchev–Trinajstić information content (AvgIpc) is 2.64. The Kier molecular flexibility index (Phi) is 5.20. The zero-order valence-corrected chi connectivity index (χ0v) is 13.9. The van der Waals surface area contributed by atoms with Crippen LogP contribution in [0.25, 0.3) is 0 Å². The molecule has 5 nitrogen and oxygen atoms in total. The number of hydrogen-bond donors (Lipinski definition) is 1. The van der Waals surface area contributed by atoms with Crippen molar-refractivity contribution in [3.05, 3.63) is 59.7 Å². The van der Waals surface area contributed by atoms with Crippen LogP contribution in [0.1, 0.15) is 49.2 Å². The van der Waals surface area contributed by atoms with Crippen LogP contribution in [0.15, 0.2) is 42.7 Å². The maximum absolute atomic E-state index is 11.7. The van der Waals surface area contributed by atoms with Gasteiger partial charge in [-0.3, -0.25) is 19.7 Å². The SMILES string of the molecule is CCc1ccc(C(c2ccccn2)N2CCCCC2C(=O)O)nc1. The van der Waals surface area contributed by atoms with Crippen molar-refractivity contribution in [2.24, 2.45) is 0 Å². The number of aromatic nitrogens is 2. The highest BCUT2D eigenvalue weighted by Gasteiger charge is 2.36. The van der Waals surface area contributed by atoms with Crippen LogP contribution in [-0.4, -0.2) is 38.5 Å². The predicted octanol–water partition coefficient (Wildman–Crippen LogP) is 3.07. The lowest BCUT2D eigenvalue weighted by Crippen LogP contribution is -2.47. The van der Waals surface area contributed by atoms with Gasteiger partial charge in [0.15, 0.2) is 0 Å². The van der Waals surface area contributed by atoms with Gasteiger partial charge >= 0.3 is 5.97 Å². The first-order valence-corrected chi connectivity index (χ1v) is 8.55. The zero-order chi connectivity index (χ0) is 16.9. The second-order valence-corrected chi connectivity index (χ2v) is 6.19. The molecule has 24 heavy (non-hydrogen) atoms. The topological polar surface area (TPSA) is 66.3 Å². The number of carboxylic acid groups (broad SMARTS) is 1. The molecule has 3 rings (SSSR count). The second-order valence-electron chi connectivity index (χ2n) is 6.19. The van der Waals surface area contributed by atoms with E-state index in [1.165, 1.54) is 5.56 Å². The molecule has 0 aliphatic carbocycles. The average molecular weight is 325 g/mol. The summed E-state index contributed by atoms with van der Waals surface area (Å²) in [6, 6.07) is 9.13. The lowest BCUT2D eigenvalue weighted by molar-refractivity contribution is -0.145.